The molecule has 0 saturated heterocycles. The third-order valence-electron chi connectivity index (χ3n) is 1.48. The molecule has 0 aliphatic heterocycles. The van der Waals surface area contributed by atoms with Crippen LogP contribution in [0.15, 0.2) is 0 Å². The van der Waals surface area contributed by atoms with Gasteiger partial charge >= 0.3 is 0 Å². The van der Waals surface area contributed by atoms with Gasteiger partial charge < -0.3 is 11.1 Å². The van der Waals surface area contributed by atoms with Crippen molar-refractivity contribution in [3.8, 4) is 0 Å². The van der Waals surface area contributed by atoms with E-state index in [-0.39, 0.29) is 6.04 Å². The van der Waals surface area contributed by atoms with Gasteiger partial charge in [0.25, 0.3) is 0 Å². The normalized spacial score (nSPS) is 13.8. The molecule has 78 valence electrons. The molecule has 1 atom stereocenters. The van der Waals surface area contributed by atoms with Crippen LogP contribution in [-0.4, -0.2) is 38.9 Å². The molecule has 0 aliphatic carbocycles. The summed E-state index contributed by atoms with van der Waals surface area (Å²) < 4.78 is 21.3. The van der Waals surface area contributed by atoms with Gasteiger partial charge in [0.1, 0.15) is 5.75 Å². The second-order valence-corrected chi connectivity index (χ2v) is 5.18. The van der Waals surface area contributed by atoms with E-state index in [4.69, 9.17) is 5.73 Å². The first-order chi connectivity index (χ1) is 5.85. The minimum atomic E-state index is -3.23. The van der Waals surface area contributed by atoms with E-state index in [2.05, 4.69) is 5.32 Å². The molecule has 0 fully saturated rings. The molecule has 0 rings (SSSR count). The third kappa shape index (κ3) is 7.73. The van der Waals surface area contributed by atoms with Gasteiger partial charge in [0.05, 0.1) is 0 Å². The van der Waals surface area contributed by atoms with Gasteiger partial charge in [0.2, 0.25) is 5.91 Å². The van der Waals surface area contributed by atoms with Crippen LogP contribution < -0.4 is 11.1 Å². The second-order valence-electron chi connectivity index (χ2n) is 3.04. The zero-order valence-electron chi connectivity index (χ0n) is 7.91. The largest absolute Gasteiger partial charge is 0.354 e. The number of sulfone groups is 1. The summed E-state index contributed by atoms with van der Waals surface area (Å²) in [5.74, 6) is -0.963. The summed E-state index contributed by atoms with van der Waals surface area (Å²) >= 11 is 0. The molecular weight excluding hydrogens is 192 g/mol. The summed E-state index contributed by atoms with van der Waals surface area (Å²) in [5.41, 5.74) is 5.52. The van der Waals surface area contributed by atoms with Crippen LogP contribution in [0.5, 0.6) is 0 Å². The van der Waals surface area contributed by atoms with Crippen LogP contribution in [0.3, 0.4) is 0 Å². The minimum Gasteiger partial charge on any atom is -0.354 e. The predicted octanol–water partition coefficient (Wildman–Crippen LogP) is -1.12. The molecule has 0 saturated carbocycles. The van der Waals surface area contributed by atoms with Gasteiger partial charge in [-0.1, -0.05) is 6.92 Å². The van der Waals surface area contributed by atoms with E-state index in [1.54, 1.807) is 0 Å². The van der Waals surface area contributed by atoms with Gasteiger partial charge in [-0.15, -0.1) is 0 Å². The predicted molar refractivity (Wildman–Crippen MR) is 51.0 cm³/mol. The summed E-state index contributed by atoms with van der Waals surface area (Å²) in [5, 5.41) is 2.45. The van der Waals surface area contributed by atoms with Gasteiger partial charge in [0.15, 0.2) is 9.84 Å². The van der Waals surface area contributed by atoms with Crippen LogP contribution in [0.25, 0.3) is 0 Å². The average molecular weight is 208 g/mol. The van der Waals surface area contributed by atoms with Crippen molar-refractivity contribution in [2.24, 2.45) is 5.73 Å². The summed E-state index contributed by atoms with van der Waals surface area (Å²) in [7, 11) is -3.23. The van der Waals surface area contributed by atoms with Crippen molar-refractivity contribution in [3.63, 3.8) is 0 Å². The molecule has 0 heterocycles. The standard InChI is InChI=1S/C7H16N2O3S/c1-3-6(8)4-9-7(10)5-13(2,11)12/h6H,3-5,8H2,1-2H3,(H,9,10). The first kappa shape index (κ1) is 12.4. The molecule has 1 unspecified atom stereocenters. The van der Waals surface area contributed by atoms with Crippen LogP contribution >= 0.6 is 0 Å². The van der Waals surface area contributed by atoms with Crippen molar-refractivity contribution >= 4 is 15.7 Å². The van der Waals surface area contributed by atoms with Crippen LogP contribution in [0.2, 0.25) is 0 Å². The molecule has 0 bridgehead atoms. The van der Waals surface area contributed by atoms with Gasteiger partial charge in [-0.25, -0.2) is 8.42 Å². The van der Waals surface area contributed by atoms with Crippen molar-refractivity contribution < 1.29 is 13.2 Å². The summed E-state index contributed by atoms with van der Waals surface area (Å²) in [6.07, 6.45) is 1.77. The van der Waals surface area contributed by atoms with Crippen LogP contribution in [0.4, 0.5) is 0 Å². The zero-order valence-corrected chi connectivity index (χ0v) is 8.73. The quantitative estimate of drug-likeness (QED) is 0.599. The lowest BCUT2D eigenvalue weighted by molar-refractivity contribution is -0.118. The van der Waals surface area contributed by atoms with Crippen LogP contribution in [-0.2, 0) is 14.6 Å². The number of hydrogen-bond donors (Lipinski definition) is 2. The van der Waals surface area contributed by atoms with E-state index in [0.717, 1.165) is 12.7 Å². The van der Waals surface area contributed by atoms with Gasteiger partial charge in [-0.3, -0.25) is 4.79 Å². The second kappa shape index (κ2) is 5.18. The molecule has 0 aromatic heterocycles. The molecule has 6 heteroatoms. The lowest BCUT2D eigenvalue weighted by Crippen LogP contribution is -2.39. The molecule has 3 N–H and O–H groups in total. The molecule has 0 aromatic carbocycles. The van der Waals surface area contributed by atoms with Crippen molar-refractivity contribution in [1.82, 2.24) is 5.32 Å². The van der Waals surface area contributed by atoms with Gasteiger partial charge in [-0.2, -0.15) is 0 Å². The Kier molecular flexibility index (Phi) is 4.94. The van der Waals surface area contributed by atoms with E-state index < -0.39 is 21.5 Å². The van der Waals surface area contributed by atoms with Gasteiger partial charge in [0, 0.05) is 18.8 Å². The Bertz CT molecular complexity index is 261. The van der Waals surface area contributed by atoms with E-state index >= 15 is 0 Å². The SMILES string of the molecule is CCC(N)CNC(=O)CS(C)(=O)=O. The number of amides is 1. The van der Waals surface area contributed by atoms with E-state index in [0.29, 0.717) is 6.54 Å². The highest BCUT2D eigenvalue weighted by atomic mass is 32.2. The smallest absolute Gasteiger partial charge is 0.235 e. The van der Waals surface area contributed by atoms with E-state index in [1.165, 1.54) is 0 Å². The fourth-order valence-electron chi connectivity index (χ4n) is 0.678. The lowest BCUT2D eigenvalue weighted by atomic mass is 10.2. The highest BCUT2D eigenvalue weighted by Crippen LogP contribution is 1.85. The summed E-state index contributed by atoms with van der Waals surface area (Å²) in [6.45, 7) is 2.22. The van der Waals surface area contributed by atoms with Crippen molar-refractivity contribution in [2.75, 3.05) is 18.6 Å². The average Bonchev–Trinajstić information content (AvgIpc) is 1.97. The molecule has 5 nitrogen and oxygen atoms in total. The van der Waals surface area contributed by atoms with Crippen LogP contribution in [0.1, 0.15) is 13.3 Å². The number of carbonyl (C=O) groups excluding carboxylic acids is 1. The fourth-order valence-corrected chi connectivity index (χ4v) is 1.26. The molecule has 1 amide bonds. The van der Waals surface area contributed by atoms with Crippen molar-refractivity contribution in [2.45, 2.75) is 19.4 Å². The first-order valence-corrected chi connectivity index (χ1v) is 6.11. The van der Waals surface area contributed by atoms with Crippen LogP contribution in [0, 0.1) is 0 Å². The van der Waals surface area contributed by atoms with E-state index in [1.807, 2.05) is 6.92 Å². The minimum absolute atomic E-state index is 0.108. The number of nitrogens with two attached hydrogens (primary N) is 1. The summed E-state index contributed by atoms with van der Waals surface area (Å²) in [4.78, 5) is 10.9. The fraction of sp³-hybridized carbons (Fsp3) is 0.857. The maximum absolute atomic E-state index is 10.9. The molecule has 13 heavy (non-hydrogen) atoms. The molecular formula is C7H16N2O3S. The maximum atomic E-state index is 10.9. The first-order valence-electron chi connectivity index (χ1n) is 4.05. The number of carbonyl (C=O) groups is 1. The van der Waals surface area contributed by atoms with Crippen molar-refractivity contribution in [3.05, 3.63) is 0 Å². The molecule has 0 aliphatic rings. The maximum Gasteiger partial charge on any atom is 0.235 e. The number of hydrogen-bond acceptors (Lipinski definition) is 4. The van der Waals surface area contributed by atoms with E-state index in [9.17, 15) is 13.2 Å². The molecule has 0 aromatic rings. The zero-order chi connectivity index (χ0) is 10.5. The Balaban J connectivity index is 3.77. The Morgan fingerprint density at radius 1 is 1.54 bits per heavy atom. The van der Waals surface area contributed by atoms with Crippen molar-refractivity contribution in [1.29, 1.82) is 0 Å². The highest BCUT2D eigenvalue weighted by molar-refractivity contribution is 7.91. The van der Waals surface area contributed by atoms with Gasteiger partial charge in [-0.05, 0) is 6.42 Å². The summed E-state index contributed by atoms with van der Waals surface area (Å²) in [6, 6.07) is -0.108. The Hall–Kier alpha value is -0.620. The molecule has 0 radical (unpaired) electrons. The highest BCUT2D eigenvalue weighted by Gasteiger charge is 2.10. The topological polar surface area (TPSA) is 89.3 Å². The number of nitrogens with one attached hydrogen (secondary N) is 1. The Morgan fingerprint density at radius 3 is 2.46 bits per heavy atom. The third-order valence-corrected chi connectivity index (χ3v) is 2.27. The number of rotatable bonds is 5. The molecule has 0 spiro atoms. The lowest BCUT2D eigenvalue weighted by Gasteiger charge is -2.09. The Labute approximate surface area is 78.6 Å². The Morgan fingerprint density at radius 2 is 2.08 bits per heavy atom. The monoisotopic (exact) mass is 208 g/mol.